The summed E-state index contributed by atoms with van der Waals surface area (Å²) < 4.78 is 4.85. The molecule has 0 N–H and O–H groups in total. The first-order chi connectivity index (χ1) is 51.5. The molecule has 8 heteroatoms. The highest BCUT2D eigenvalue weighted by atomic mass is 32.1. The monoisotopic (exact) mass is 1360 g/mol. The Bertz CT molecular complexity index is 6380. The van der Waals surface area contributed by atoms with Crippen molar-refractivity contribution in [3.63, 3.8) is 0 Å². The van der Waals surface area contributed by atoms with E-state index in [-0.39, 0.29) is 0 Å². The summed E-state index contributed by atoms with van der Waals surface area (Å²) in [5, 5.41) is 4.87. The van der Waals surface area contributed by atoms with Gasteiger partial charge in [0.1, 0.15) is 0 Å². The Labute approximate surface area is 610 Å². The van der Waals surface area contributed by atoms with E-state index in [2.05, 4.69) is 322 Å². The fourth-order valence-electron chi connectivity index (χ4n) is 14.3. The zero-order chi connectivity index (χ0) is 68.9. The predicted octanol–water partition coefficient (Wildman–Crippen LogP) is 26.1. The molecule has 0 saturated heterocycles. The first-order valence-corrected chi connectivity index (χ1v) is 36.5. The molecule has 4 aromatic heterocycles. The molecule has 0 saturated carbocycles. The maximum Gasteiger partial charge on any atom is 0.165 e. The molecule has 0 radical (unpaired) electrons. The van der Waals surface area contributed by atoms with Gasteiger partial charge in [-0.05, 0) is 138 Å². The van der Waals surface area contributed by atoms with Gasteiger partial charge in [0.2, 0.25) is 0 Å². The molecule has 19 aromatic rings. The lowest BCUT2D eigenvalue weighted by Gasteiger charge is -2.13. The summed E-state index contributed by atoms with van der Waals surface area (Å²) in [5.41, 5.74) is 23.6. The van der Waals surface area contributed by atoms with Gasteiger partial charge in [0, 0.05) is 73.7 Å². The molecule has 6 nitrogen and oxygen atoms in total. The van der Waals surface area contributed by atoms with Crippen molar-refractivity contribution in [2.75, 3.05) is 0 Å². The maximum atomic E-state index is 5.44. The summed E-state index contributed by atoms with van der Waals surface area (Å²) in [5.74, 6) is 3.67. The number of fused-ring (bicyclic) bond motifs is 6. The van der Waals surface area contributed by atoms with Crippen molar-refractivity contribution in [3.05, 3.63) is 364 Å². The molecule has 104 heavy (non-hydrogen) atoms. The number of rotatable bonds is 14. The Morgan fingerprint density at radius 3 is 0.913 bits per heavy atom. The predicted molar refractivity (Wildman–Crippen MR) is 435 cm³/mol. The first kappa shape index (κ1) is 61.8. The van der Waals surface area contributed by atoms with E-state index in [0.29, 0.717) is 34.9 Å². The zero-order valence-electron chi connectivity index (χ0n) is 56.1. The minimum Gasteiger partial charge on any atom is -0.208 e. The Balaban J connectivity index is 0.660. The van der Waals surface area contributed by atoms with Crippen molar-refractivity contribution in [1.29, 1.82) is 0 Å². The largest absolute Gasteiger partial charge is 0.208 e. The number of benzene rings is 15. The molecule has 0 unspecified atom stereocenters. The van der Waals surface area contributed by atoms with Gasteiger partial charge in [-0.3, -0.25) is 0 Å². The molecule has 0 aliphatic rings. The SMILES string of the molecule is c1ccc(-c2ccc(-c3cccc(-c4cccc5c4sc4c(-c6nc(-c7cccc(-c8ccccc8)c7)nc(-c7cccc(-c8ccc(-c9ccc(-c%10cc(-c%11nc(-c%12ccccc%12)nc(-c%12ccccc%12)n%11)cc(-c%11cccc%12c%11sc%11ccccc%11%12)c%10)cc9)cc8)c7)n6)cccc45)c3)cc2)cc1. The van der Waals surface area contributed by atoms with Gasteiger partial charge >= 0.3 is 0 Å². The van der Waals surface area contributed by atoms with Crippen LogP contribution in [-0.2, 0) is 0 Å². The lowest BCUT2D eigenvalue weighted by molar-refractivity contribution is 1.07. The van der Waals surface area contributed by atoms with Crippen molar-refractivity contribution in [1.82, 2.24) is 29.9 Å². The van der Waals surface area contributed by atoms with Crippen LogP contribution in [0.2, 0.25) is 0 Å². The maximum absolute atomic E-state index is 5.44. The summed E-state index contributed by atoms with van der Waals surface area (Å²) in [7, 11) is 0. The highest BCUT2D eigenvalue weighted by molar-refractivity contribution is 7.27. The van der Waals surface area contributed by atoms with Crippen molar-refractivity contribution >= 4 is 63.0 Å². The third-order valence-electron chi connectivity index (χ3n) is 19.6. The van der Waals surface area contributed by atoms with Gasteiger partial charge in [-0.25, -0.2) is 29.9 Å². The summed E-state index contributed by atoms with van der Waals surface area (Å²) in [6.45, 7) is 0. The van der Waals surface area contributed by atoms with E-state index in [1.54, 1.807) is 11.3 Å². The van der Waals surface area contributed by atoms with Crippen LogP contribution in [-0.4, -0.2) is 29.9 Å². The molecule has 0 spiro atoms. The van der Waals surface area contributed by atoms with E-state index in [1.807, 2.05) is 53.8 Å². The van der Waals surface area contributed by atoms with Crippen molar-refractivity contribution in [2.24, 2.45) is 0 Å². The topological polar surface area (TPSA) is 77.3 Å². The van der Waals surface area contributed by atoms with Crippen LogP contribution in [0.4, 0.5) is 0 Å². The smallest absolute Gasteiger partial charge is 0.165 e. The summed E-state index contributed by atoms with van der Waals surface area (Å²) in [6, 6.07) is 129. The Morgan fingerprint density at radius 1 is 0.144 bits per heavy atom. The molecule has 4 heterocycles. The van der Waals surface area contributed by atoms with Gasteiger partial charge in [-0.1, -0.05) is 315 Å². The second kappa shape index (κ2) is 26.7. The van der Waals surface area contributed by atoms with E-state index in [9.17, 15) is 0 Å². The average Bonchev–Trinajstić information content (AvgIpc) is 1.57. The highest BCUT2D eigenvalue weighted by Gasteiger charge is 2.22. The zero-order valence-corrected chi connectivity index (χ0v) is 57.8. The fraction of sp³-hybridized carbons (Fsp3) is 0. The summed E-state index contributed by atoms with van der Waals surface area (Å²) in [4.78, 5) is 31.7. The quantitative estimate of drug-likeness (QED) is 0.108. The molecule has 19 rings (SSSR count). The average molecular weight is 1360 g/mol. The van der Waals surface area contributed by atoms with Crippen LogP contribution in [0.3, 0.4) is 0 Å². The minimum atomic E-state index is 0.595. The van der Waals surface area contributed by atoms with Crippen molar-refractivity contribution < 1.29 is 0 Å². The van der Waals surface area contributed by atoms with Crippen LogP contribution in [0.25, 0.3) is 198 Å². The van der Waals surface area contributed by atoms with Crippen LogP contribution in [0.15, 0.2) is 364 Å². The molecule has 0 bridgehead atoms. The number of thiophene rings is 2. The molecule has 0 aliphatic carbocycles. The van der Waals surface area contributed by atoms with Crippen LogP contribution in [0, 0.1) is 0 Å². The van der Waals surface area contributed by atoms with Crippen LogP contribution in [0.1, 0.15) is 0 Å². The summed E-state index contributed by atoms with van der Waals surface area (Å²) >= 11 is 3.64. The van der Waals surface area contributed by atoms with Gasteiger partial charge in [0.15, 0.2) is 34.9 Å². The summed E-state index contributed by atoms with van der Waals surface area (Å²) in [6.07, 6.45) is 0. The molecule has 0 atom stereocenters. The van der Waals surface area contributed by atoms with Gasteiger partial charge < -0.3 is 0 Å². The number of aromatic nitrogens is 6. The Kier molecular flexibility index (Phi) is 15.9. The molecule has 0 aliphatic heterocycles. The van der Waals surface area contributed by atoms with Crippen LogP contribution < -0.4 is 0 Å². The normalized spacial score (nSPS) is 11.5. The van der Waals surface area contributed by atoms with E-state index >= 15 is 0 Å². The number of hydrogen-bond acceptors (Lipinski definition) is 8. The first-order valence-electron chi connectivity index (χ1n) is 34.9. The fourth-order valence-corrected chi connectivity index (χ4v) is 16.9. The molecule has 15 aromatic carbocycles. The van der Waals surface area contributed by atoms with Crippen LogP contribution in [0.5, 0.6) is 0 Å². The Morgan fingerprint density at radius 2 is 0.413 bits per heavy atom. The van der Waals surface area contributed by atoms with E-state index in [4.69, 9.17) is 29.9 Å². The minimum absolute atomic E-state index is 0.595. The lowest BCUT2D eigenvalue weighted by Crippen LogP contribution is -2.00. The third kappa shape index (κ3) is 11.9. The van der Waals surface area contributed by atoms with Gasteiger partial charge in [0.05, 0.1) is 0 Å². The van der Waals surface area contributed by atoms with E-state index in [0.717, 1.165) is 93.5 Å². The second-order valence-corrected chi connectivity index (χ2v) is 28.2. The van der Waals surface area contributed by atoms with E-state index < -0.39 is 0 Å². The molecular formula is C96H60N6S2. The molecule has 486 valence electrons. The van der Waals surface area contributed by atoms with E-state index in [1.165, 1.54) is 69.2 Å². The standard InChI is InChI=1S/C96H60N6S2/c1-5-21-61(22-6-1)63-43-49-66(50-44-63)71-29-15-32-74(55-71)80-36-18-39-84-85-40-20-41-86(90(85)104-89(80)84)96-101-93(75-33-16-30-72(56-75)62-23-7-2-8-24-62)100-94(102-96)76-34-17-31-73(57-76)67-51-45-64(46-52-67)65-47-53-68(54-48-65)77-58-78(81-37-19-38-83-82-35-13-14-42-87(82)103-88(81)83)60-79(59-77)95-98-91(69-25-9-3-10-26-69)97-92(99-95)70-27-11-4-12-28-70/h1-60H. The van der Waals surface area contributed by atoms with Gasteiger partial charge in [-0.15, -0.1) is 22.7 Å². The van der Waals surface area contributed by atoms with Gasteiger partial charge in [0.25, 0.3) is 0 Å². The van der Waals surface area contributed by atoms with Crippen LogP contribution >= 0.6 is 22.7 Å². The molecular weight excluding hydrogens is 1300 g/mol. The highest BCUT2D eigenvalue weighted by Crippen LogP contribution is 2.46. The molecule has 0 fully saturated rings. The molecule has 0 amide bonds. The van der Waals surface area contributed by atoms with Gasteiger partial charge in [-0.2, -0.15) is 0 Å². The number of hydrogen-bond donors (Lipinski definition) is 0. The van der Waals surface area contributed by atoms with Crippen molar-refractivity contribution in [2.45, 2.75) is 0 Å². The third-order valence-corrected chi connectivity index (χ3v) is 22.1. The lowest BCUT2D eigenvalue weighted by atomic mass is 9.93. The Hall–Kier alpha value is -13.2. The second-order valence-electron chi connectivity index (χ2n) is 26.1. The van der Waals surface area contributed by atoms with Crippen molar-refractivity contribution in [3.8, 4) is 157 Å². The number of nitrogens with zero attached hydrogens (tertiary/aromatic N) is 6.